The lowest BCUT2D eigenvalue weighted by Gasteiger charge is -2.49. The highest BCUT2D eigenvalue weighted by Crippen LogP contribution is 2.36. The van der Waals surface area contributed by atoms with E-state index in [-0.39, 0.29) is 29.2 Å². The molecule has 1 aromatic rings. The molecular formula is C23H33F2N5O2. The Hall–Kier alpha value is -2.26. The maximum atomic E-state index is 14.9. The first-order valence-corrected chi connectivity index (χ1v) is 11.6. The number of rotatable bonds is 5. The number of piperazine rings is 1. The number of carbonyl (C=O) groups is 2. The second-order valence-corrected chi connectivity index (χ2v) is 9.59. The van der Waals surface area contributed by atoms with Gasteiger partial charge in [0, 0.05) is 56.9 Å². The Balaban J connectivity index is 1.40. The number of anilines is 2. The third-order valence-electron chi connectivity index (χ3n) is 7.34. The number of halogens is 2. The van der Waals surface area contributed by atoms with E-state index in [4.69, 9.17) is 0 Å². The summed E-state index contributed by atoms with van der Waals surface area (Å²) in [6.07, 6.45) is 2.26. The van der Waals surface area contributed by atoms with E-state index >= 15 is 0 Å². The van der Waals surface area contributed by atoms with Crippen LogP contribution in [0.25, 0.3) is 0 Å². The molecule has 1 aromatic carbocycles. The molecule has 32 heavy (non-hydrogen) atoms. The molecule has 3 saturated heterocycles. The molecule has 0 saturated carbocycles. The van der Waals surface area contributed by atoms with Crippen LogP contribution >= 0.6 is 0 Å². The minimum Gasteiger partial charge on any atom is -0.373 e. The van der Waals surface area contributed by atoms with Gasteiger partial charge >= 0.3 is 0 Å². The summed E-state index contributed by atoms with van der Waals surface area (Å²) in [5.41, 5.74) is 0.256. The molecule has 3 aliphatic heterocycles. The highest BCUT2D eigenvalue weighted by molar-refractivity contribution is 6.01. The van der Waals surface area contributed by atoms with E-state index in [1.165, 1.54) is 12.1 Å². The van der Waals surface area contributed by atoms with Gasteiger partial charge in [-0.3, -0.25) is 19.8 Å². The number of piperidine rings is 2. The highest BCUT2D eigenvalue weighted by atomic mass is 19.1. The van der Waals surface area contributed by atoms with Crippen LogP contribution in [0, 0.1) is 17.6 Å². The summed E-state index contributed by atoms with van der Waals surface area (Å²) >= 11 is 0. The van der Waals surface area contributed by atoms with Gasteiger partial charge in [0.1, 0.15) is 11.7 Å². The molecular weight excluding hydrogens is 416 g/mol. The van der Waals surface area contributed by atoms with Crippen molar-refractivity contribution in [1.82, 2.24) is 15.5 Å². The van der Waals surface area contributed by atoms with Gasteiger partial charge in [0.05, 0.1) is 0 Å². The number of nitrogens with zero attached hydrogens (tertiary/aromatic N) is 2. The van der Waals surface area contributed by atoms with Crippen molar-refractivity contribution in [3.8, 4) is 0 Å². The van der Waals surface area contributed by atoms with Crippen molar-refractivity contribution >= 4 is 23.2 Å². The Morgan fingerprint density at radius 1 is 1.00 bits per heavy atom. The Morgan fingerprint density at radius 2 is 1.62 bits per heavy atom. The summed E-state index contributed by atoms with van der Waals surface area (Å²) < 4.78 is 29.9. The number of hydrogen-bond donors (Lipinski definition) is 3. The van der Waals surface area contributed by atoms with Gasteiger partial charge in [-0.15, -0.1) is 0 Å². The quantitative estimate of drug-likeness (QED) is 0.598. The minimum atomic E-state index is -0.680. The summed E-state index contributed by atoms with van der Waals surface area (Å²) in [4.78, 5) is 27.5. The molecule has 0 bridgehead atoms. The number of hydrogen-bond acceptors (Lipinski definition) is 6. The number of imide groups is 1. The van der Waals surface area contributed by atoms with Crippen LogP contribution in [0.3, 0.4) is 0 Å². The monoisotopic (exact) mass is 449 g/mol. The second kappa shape index (κ2) is 9.31. The fourth-order valence-electron chi connectivity index (χ4n) is 5.29. The lowest BCUT2D eigenvalue weighted by molar-refractivity contribution is -0.133. The van der Waals surface area contributed by atoms with Crippen LogP contribution in [-0.2, 0) is 9.59 Å². The molecule has 2 amide bonds. The number of carbonyl (C=O) groups excluding carboxylic acids is 2. The molecule has 3 aliphatic rings. The smallest absolute Gasteiger partial charge is 0.249 e. The fourth-order valence-corrected chi connectivity index (χ4v) is 5.29. The molecule has 0 spiro atoms. The van der Waals surface area contributed by atoms with Crippen LogP contribution < -0.4 is 20.9 Å². The minimum absolute atomic E-state index is 0.00254. The number of benzene rings is 1. The van der Waals surface area contributed by atoms with Crippen molar-refractivity contribution in [2.45, 2.75) is 51.1 Å². The summed E-state index contributed by atoms with van der Waals surface area (Å²) in [6, 6.07) is 1.79. The first-order valence-electron chi connectivity index (χ1n) is 11.6. The molecule has 9 heteroatoms. The second-order valence-electron chi connectivity index (χ2n) is 9.59. The highest BCUT2D eigenvalue weighted by Gasteiger charge is 2.38. The Morgan fingerprint density at radius 3 is 2.22 bits per heavy atom. The zero-order valence-corrected chi connectivity index (χ0v) is 18.8. The molecule has 176 valence electrons. The predicted octanol–water partition coefficient (Wildman–Crippen LogP) is 2.08. The van der Waals surface area contributed by atoms with Crippen LogP contribution in [0.4, 0.5) is 20.2 Å². The van der Waals surface area contributed by atoms with Gasteiger partial charge in [-0.05, 0) is 51.2 Å². The summed E-state index contributed by atoms with van der Waals surface area (Å²) in [6.45, 7) is 9.83. The number of amides is 2. The van der Waals surface area contributed by atoms with Crippen LogP contribution in [0.2, 0.25) is 0 Å². The van der Waals surface area contributed by atoms with E-state index in [1.54, 1.807) is 4.90 Å². The van der Waals surface area contributed by atoms with Crippen molar-refractivity contribution < 1.29 is 18.4 Å². The van der Waals surface area contributed by atoms with Crippen molar-refractivity contribution in [3.63, 3.8) is 0 Å². The molecule has 1 unspecified atom stereocenters. The average Bonchev–Trinajstić information content (AvgIpc) is 2.76. The van der Waals surface area contributed by atoms with Crippen LogP contribution in [0.15, 0.2) is 12.1 Å². The van der Waals surface area contributed by atoms with Crippen LogP contribution in [-0.4, -0.2) is 67.6 Å². The van der Waals surface area contributed by atoms with E-state index in [9.17, 15) is 18.4 Å². The Bertz CT molecular complexity index is 841. The van der Waals surface area contributed by atoms with Crippen molar-refractivity contribution in [1.29, 1.82) is 0 Å². The van der Waals surface area contributed by atoms with Gasteiger partial charge in [-0.2, -0.15) is 0 Å². The standard InChI is InChI=1S/C23H33F2N5O2/c1-23(2,30-11-7-26-8-12-30)15-5-9-29(10-6-15)21-17(24)13-16(14-18(21)25)27-19-3-4-20(31)28-22(19)32/h13-15,19,26-27H,3-12H2,1-2H3,(H,28,31,32). The average molecular weight is 450 g/mol. The fraction of sp³-hybridized carbons (Fsp3) is 0.652. The molecule has 3 heterocycles. The van der Waals surface area contributed by atoms with E-state index in [1.807, 2.05) is 0 Å². The lowest BCUT2D eigenvalue weighted by Crippen LogP contribution is -2.58. The van der Waals surface area contributed by atoms with E-state index in [2.05, 4.69) is 34.7 Å². The zero-order valence-electron chi connectivity index (χ0n) is 18.8. The predicted molar refractivity (Wildman–Crippen MR) is 120 cm³/mol. The SMILES string of the molecule is CC(C)(C1CCN(c2c(F)cc(NC3CCC(=O)NC3=O)cc2F)CC1)N1CCNCC1. The molecule has 1 atom stereocenters. The van der Waals surface area contributed by atoms with Gasteiger partial charge < -0.3 is 15.5 Å². The van der Waals surface area contributed by atoms with Gasteiger partial charge in [-0.1, -0.05) is 0 Å². The van der Waals surface area contributed by atoms with E-state index in [0.717, 1.165) is 39.0 Å². The Labute approximate surface area is 187 Å². The van der Waals surface area contributed by atoms with Crippen molar-refractivity contribution in [2.75, 3.05) is 49.5 Å². The largest absolute Gasteiger partial charge is 0.373 e. The van der Waals surface area contributed by atoms with Crippen molar-refractivity contribution in [3.05, 3.63) is 23.8 Å². The van der Waals surface area contributed by atoms with Gasteiger partial charge in [0.2, 0.25) is 11.8 Å². The molecule has 3 fully saturated rings. The van der Waals surface area contributed by atoms with Gasteiger partial charge in [0.15, 0.2) is 11.6 Å². The van der Waals surface area contributed by atoms with Gasteiger partial charge in [0.25, 0.3) is 0 Å². The van der Waals surface area contributed by atoms with Gasteiger partial charge in [-0.25, -0.2) is 8.78 Å². The first-order chi connectivity index (χ1) is 15.3. The van der Waals surface area contributed by atoms with E-state index < -0.39 is 23.6 Å². The molecule has 0 aliphatic carbocycles. The summed E-state index contributed by atoms with van der Waals surface area (Å²) in [7, 11) is 0. The molecule has 3 N–H and O–H groups in total. The zero-order chi connectivity index (χ0) is 22.9. The molecule has 4 rings (SSSR count). The maximum Gasteiger partial charge on any atom is 0.249 e. The van der Waals surface area contributed by atoms with Crippen molar-refractivity contribution in [2.24, 2.45) is 5.92 Å². The van der Waals surface area contributed by atoms with E-state index in [0.29, 0.717) is 25.4 Å². The normalized spacial score (nSPS) is 23.9. The third kappa shape index (κ3) is 4.73. The van der Waals surface area contributed by atoms with Crippen LogP contribution in [0.5, 0.6) is 0 Å². The Kier molecular flexibility index (Phi) is 6.67. The molecule has 0 radical (unpaired) electrons. The molecule has 0 aromatic heterocycles. The topological polar surface area (TPSA) is 76.7 Å². The maximum absolute atomic E-state index is 14.9. The third-order valence-corrected chi connectivity index (χ3v) is 7.34. The summed E-state index contributed by atoms with van der Waals surface area (Å²) in [5.74, 6) is -1.61. The summed E-state index contributed by atoms with van der Waals surface area (Å²) in [5, 5.41) is 8.48. The van der Waals surface area contributed by atoms with Crippen LogP contribution in [0.1, 0.15) is 39.5 Å². The molecule has 7 nitrogen and oxygen atoms in total. The first kappa shape index (κ1) is 22.9. The number of nitrogens with one attached hydrogen (secondary N) is 3. The lowest BCUT2D eigenvalue weighted by atomic mass is 9.78.